The first-order chi connectivity index (χ1) is 8.51. The summed E-state index contributed by atoms with van der Waals surface area (Å²) in [7, 11) is 1.89. The minimum absolute atomic E-state index is 0.0228. The molecule has 2 heterocycles. The lowest BCUT2D eigenvalue weighted by atomic mass is 9.86. The van der Waals surface area contributed by atoms with Crippen LogP contribution in [-0.4, -0.2) is 19.5 Å². The molecule has 1 unspecified atom stereocenters. The molecule has 1 aromatic carbocycles. The van der Waals surface area contributed by atoms with Gasteiger partial charge in [-0.25, -0.2) is 0 Å². The molecule has 1 atom stereocenters. The summed E-state index contributed by atoms with van der Waals surface area (Å²) in [6.45, 7) is 5.44. The van der Waals surface area contributed by atoms with Gasteiger partial charge >= 0.3 is 0 Å². The summed E-state index contributed by atoms with van der Waals surface area (Å²) in [6.07, 6.45) is 2.90. The van der Waals surface area contributed by atoms with E-state index in [2.05, 4.69) is 31.3 Å². The second-order valence-electron chi connectivity index (χ2n) is 5.81. The standard InChI is InChI=1S/C15H20N2O/c1-10-7-11-9-13(18)17(3)14(11)12(8-10)15(2)5-4-6-16-15/h7-8,16H,4-6,9H2,1-3H3. The molecular formula is C15H20N2O. The lowest BCUT2D eigenvalue weighted by Crippen LogP contribution is -2.35. The van der Waals surface area contributed by atoms with E-state index in [-0.39, 0.29) is 11.4 Å². The zero-order valence-corrected chi connectivity index (χ0v) is 11.3. The molecule has 96 valence electrons. The number of hydrogen-bond donors (Lipinski definition) is 1. The Kier molecular flexibility index (Phi) is 2.49. The minimum atomic E-state index is 0.0228. The van der Waals surface area contributed by atoms with Crippen molar-refractivity contribution in [2.24, 2.45) is 0 Å². The summed E-state index contributed by atoms with van der Waals surface area (Å²) in [6, 6.07) is 4.39. The lowest BCUT2D eigenvalue weighted by Gasteiger charge is -2.30. The number of likely N-dealkylation sites (N-methyl/N-ethyl adjacent to an activating group) is 1. The highest BCUT2D eigenvalue weighted by molar-refractivity contribution is 6.02. The molecule has 3 heteroatoms. The highest BCUT2D eigenvalue weighted by atomic mass is 16.2. The number of aryl methyl sites for hydroxylation is 1. The van der Waals surface area contributed by atoms with Gasteiger partial charge in [0.15, 0.2) is 0 Å². The first-order valence-electron chi connectivity index (χ1n) is 6.67. The number of benzene rings is 1. The third-order valence-electron chi connectivity index (χ3n) is 4.35. The van der Waals surface area contributed by atoms with E-state index in [0.29, 0.717) is 6.42 Å². The molecule has 3 nitrogen and oxygen atoms in total. The summed E-state index contributed by atoms with van der Waals surface area (Å²) in [4.78, 5) is 13.7. The van der Waals surface area contributed by atoms with Crippen molar-refractivity contribution >= 4 is 11.6 Å². The Morgan fingerprint density at radius 1 is 1.39 bits per heavy atom. The molecule has 3 rings (SSSR count). The molecule has 1 aromatic rings. The number of carbonyl (C=O) groups excluding carboxylic acids is 1. The molecule has 18 heavy (non-hydrogen) atoms. The van der Waals surface area contributed by atoms with Crippen molar-refractivity contribution < 1.29 is 4.79 Å². The third kappa shape index (κ3) is 1.57. The van der Waals surface area contributed by atoms with Crippen LogP contribution in [0.1, 0.15) is 36.5 Å². The molecule has 0 bridgehead atoms. The van der Waals surface area contributed by atoms with Crippen LogP contribution in [0.15, 0.2) is 12.1 Å². The third-order valence-corrected chi connectivity index (χ3v) is 4.35. The lowest BCUT2D eigenvalue weighted by molar-refractivity contribution is -0.117. The SMILES string of the molecule is Cc1cc2c(c(C3(C)CCCN3)c1)N(C)C(=O)C2. The average molecular weight is 244 g/mol. The zero-order chi connectivity index (χ0) is 12.9. The van der Waals surface area contributed by atoms with Gasteiger partial charge in [-0.2, -0.15) is 0 Å². The van der Waals surface area contributed by atoms with Gasteiger partial charge in [-0.3, -0.25) is 4.79 Å². The molecule has 0 radical (unpaired) electrons. The van der Waals surface area contributed by atoms with Gasteiger partial charge in [-0.15, -0.1) is 0 Å². The molecular weight excluding hydrogens is 224 g/mol. The number of nitrogens with one attached hydrogen (secondary N) is 1. The van der Waals surface area contributed by atoms with Crippen LogP contribution in [-0.2, 0) is 16.8 Å². The number of fused-ring (bicyclic) bond motifs is 1. The Hall–Kier alpha value is -1.35. The first kappa shape index (κ1) is 11.7. The number of carbonyl (C=O) groups is 1. The van der Waals surface area contributed by atoms with Crippen molar-refractivity contribution in [3.05, 3.63) is 28.8 Å². The van der Waals surface area contributed by atoms with Gasteiger partial charge in [0.2, 0.25) is 5.91 Å². The van der Waals surface area contributed by atoms with Crippen LogP contribution >= 0.6 is 0 Å². The number of hydrogen-bond acceptors (Lipinski definition) is 2. The normalized spacial score (nSPS) is 26.8. The van der Waals surface area contributed by atoms with Crippen molar-refractivity contribution in [2.75, 3.05) is 18.5 Å². The van der Waals surface area contributed by atoms with Gasteiger partial charge in [-0.1, -0.05) is 17.7 Å². The van der Waals surface area contributed by atoms with E-state index < -0.39 is 0 Å². The predicted octanol–water partition coefficient (Wildman–Crippen LogP) is 2.11. The Bertz CT molecular complexity index is 515. The van der Waals surface area contributed by atoms with Gasteiger partial charge < -0.3 is 10.2 Å². The summed E-state index contributed by atoms with van der Waals surface area (Å²) >= 11 is 0. The monoisotopic (exact) mass is 244 g/mol. The van der Waals surface area contributed by atoms with E-state index in [1.165, 1.54) is 23.1 Å². The molecule has 2 aliphatic heterocycles. The van der Waals surface area contributed by atoms with Crippen LogP contribution in [0.4, 0.5) is 5.69 Å². The second-order valence-corrected chi connectivity index (χ2v) is 5.81. The predicted molar refractivity (Wildman–Crippen MR) is 72.9 cm³/mol. The maximum atomic E-state index is 11.9. The van der Waals surface area contributed by atoms with Gasteiger partial charge in [0.1, 0.15) is 0 Å². The van der Waals surface area contributed by atoms with Crippen molar-refractivity contribution in [1.29, 1.82) is 0 Å². The second kappa shape index (κ2) is 3.82. The van der Waals surface area contributed by atoms with Crippen LogP contribution in [0.2, 0.25) is 0 Å². The quantitative estimate of drug-likeness (QED) is 0.820. The fraction of sp³-hybridized carbons (Fsp3) is 0.533. The maximum Gasteiger partial charge on any atom is 0.231 e. The van der Waals surface area contributed by atoms with E-state index in [1.807, 2.05) is 11.9 Å². The minimum Gasteiger partial charge on any atom is -0.315 e. The highest BCUT2D eigenvalue weighted by Gasteiger charge is 2.37. The molecule has 1 saturated heterocycles. The topological polar surface area (TPSA) is 32.3 Å². The van der Waals surface area contributed by atoms with Crippen LogP contribution in [0, 0.1) is 6.92 Å². The Morgan fingerprint density at radius 2 is 2.17 bits per heavy atom. The average Bonchev–Trinajstić information content (AvgIpc) is 2.85. The molecule has 1 amide bonds. The summed E-state index contributed by atoms with van der Waals surface area (Å²) in [5, 5.41) is 3.60. The van der Waals surface area contributed by atoms with E-state index in [0.717, 1.165) is 18.7 Å². The summed E-state index contributed by atoms with van der Waals surface area (Å²) in [5.41, 5.74) is 4.90. The molecule has 0 aliphatic carbocycles. The maximum absolute atomic E-state index is 11.9. The molecule has 0 saturated carbocycles. The molecule has 0 spiro atoms. The Balaban J connectivity index is 2.18. The highest BCUT2D eigenvalue weighted by Crippen LogP contribution is 2.41. The van der Waals surface area contributed by atoms with E-state index in [4.69, 9.17) is 0 Å². The van der Waals surface area contributed by atoms with Gasteiger partial charge in [-0.05, 0) is 44.4 Å². The van der Waals surface area contributed by atoms with Crippen molar-refractivity contribution in [2.45, 2.75) is 38.6 Å². The molecule has 2 aliphatic rings. The fourth-order valence-corrected chi connectivity index (χ4v) is 3.34. The molecule has 1 fully saturated rings. The van der Waals surface area contributed by atoms with Crippen LogP contribution in [0.25, 0.3) is 0 Å². The number of nitrogens with zero attached hydrogens (tertiary/aromatic N) is 1. The van der Waals surface area contributed by atoms with Crippen molar-refractivity contribution in [1.82, 2.24) is 5.32 Å². The Morgan fingerprint density at radius 3 is 2.83 bits per heavy atom. The van der Waals surface area contributed by atoms with Gasteiger partial charge in [0, 0.05) is 12.6 Å². The number of anilines is 1. The first-order valence-corrected chi connectivity index (χ1v) is 6.67. The molecule has 0 aromatic heterocycles. The Labute approximate surface area is 108 Å². The number of rotatable bonds is 1. The van der Waals surface area contributed by atoms with E-state index in [9.17, 15) is 4.79 Å². The van der Waals surface area contributed by atoms with Gasteiger partial charge in [0.05, 0.1) is 12.1 Å². The molecule has 1 N–H and O–H groups in total. The smallest absolute Gasteiger partial charge is 0.231 e. The largest absolute Gasteiger partial charge is 0.315 e. The van der Waals surface area contributed by atoms with E-state index >= 15 is 0 Å². The zero-order valence-electron chi connectivity index (χ0n) is 11.3. The van der Waals surface area contributed by atoms with Crippen LogP contribution in [0.5, 0.6) is 0 Å². The number of amides is 1. The van der Waals surface area contributed by atoms with E-state index in [1.54, 1.807) is 0 Å². The van der Waals surface area contributed by atoms with Crippen LogP contribution < -0.4 is 10.2 Å². The van der Waals surface area contributed by atoms with Gasteiger partial charge in [0.25, 0.3) is 0 Å². The van der Waals surface area contributed by atoms with Crippen LogP contribution in [0.3, 0.4) is 0 Å². The summed E-state index contributed by atoms with van der Waals surface area (Å²) < 4.78 is 0. The van der Waals surface area contributed by atoms with Crippen molar-refractivity contribution in [3.63, 3.8) is 0 Å². The van der Waals surface area contributed by atoms with Crippen molar-refractivity contribution in [3.8, 4) is 0 Å². The summed E-state index contributed by atoms with van der Waals surface area (Å²) in [5.74, 6) is 0.207. The fourth-order valence-electron chi connectivity index (χ4n) is 3.34.